The van der Waals surface area contributed by atoms with Crippen molar-refractivity contribution in [3.05, 3.63) is 0 Å². The Labute approximate surface area is 136 Å². The molecular formula is C16H27NO2S2. The van der Waals surface area contributed by atoms with E-state index < -0.39 is 0 Å². The molecule has 1 spiro atoms. The van der Waals surface area contributed by atoms with Crippen LogP contribution in [0.3, 0.4) is 0 Å². The molecule has 2 bridgehead atoms. The minimum Gasteiger partial charge on any atom is -0.395 e. The molecule has 5 heteroatoms. The molecule has 1 N–H and O–H groups in total. The zero-order chi connectivity index (χ0) is 14.9. The maximum atomic E-state index is 12.8. The fraction of sp³-hybridized carbons (Fsp3) is 0.938. The topological polar surface area (TPSA) is 40.5 Å². The van der Waals surface area contributed by atoms with Gasteiger partial charge in [-0.1, -0.05) is 6.42 Å². The van der Waals surface area contributed by atoms with Crippen molar-refractivity contribution in [2.75, 3.05) is 31.2 Å². The second-order valence-corrected chi connectivity index (χ2v) is 9.56. The predicted molar refractivity (Wildman–Crippen MR) is 90.5 cm³/mol. The maximum absolute atomic E-state index is 12.8. The normalized spacial score (nSPS) is 34.1. The molecule has 3 aliphatic rings. The van der Waals surface area contributed by atoms with E-state index in [1.165, 1.54) is 30.8 Å². The van der Waals surface area contributed by atoms with Crippen LogP contribution in [0.25, 0.3) is 0 Å². The molecule has 21 heavy (non-hydrogen) atoms. The van der Waals surface area contributed by atoms with Gasteiger partial charge in [-0.05, 0) is 44.4 Å². The number of likely N-dealkylation sites (N-methyl/N-ethyl adjacent to an activating group) is 1. The van der Waals surface area contributed by atoms with Crippen molar-refractivity contribution in [1.29, 1.82) is 0 Å². The zero-order valence-electron chi connectivity index (χ0n) is 12.9. The molecule has 0 aromatic carbocycles. The Morgan fingerprint density at radius 2 is 1.86 bits per heavy atom. The maximum Gasteiger partial charge on any atom is 0.225 e. The van der Waals surface area contributed by atoms with Crippen molar-refractivity contribution >= 4 is 29.4 Å². The van der Waals surface area contributed by atoms with Crippen molar-refractivity contribution in [3.63, 3.8) is 0 Å². The lowest BCUT2D eigenvalue weighted by Gasteiger charge is -2.52. The van der Waals surface area contributed by atoms with E-state index in [-0.39, 0.29) is 12.5 Å². The molecule has 2 unspecified atom stereocenters. The number of aliphatic hydroxyl groups excluding tert-OH is 1. The molecule has 2 aliphatic carbocycles. The molecule has 2 saturated carbocycles. The summed E-state index contributed by atoms with van der Waals surface area (Å²) < 4.78 is 0.447. The summed E-state index contributed by atoms with van der Waals surface area (Å²) in [5.41, 5.74) is 0. The highest BCUT2D eigenvalue weighted by Crippen LogP contribution is 2.64. The van der Waals surface area contributed by atoms with Gasteiger partial charge >= 0.3 is 0 Å². The van der Waals surface area contributed by atoms with Crippen LogP contribution in [0.1, 0.15) is 39.0 Å². The lowest BCUT2D eigenvalue weighted by Crippen LogP contribution is -2.50. The van der Waals surface area contributed by atoms with Crippen LogP contribution in [0.2, 0.25) is 0 Å². The summed E-state index contributed by atoms with van der Waals surface area (Å²) in [7, 11) is 0. The summed E-state index contributed by atoms with van der Waals surface area (Å²) in [5.74, 6) is 4.54. The van der Waals surface area contributed by atoms with Gasteiger partial charge in [0, 0.05) is 30.5 Å². The fourth-order valence-corrected chi connectivity index (χ4v) is 8.55. The van der Waals surface area contributed by atoms with Crippen LogP contribution in [0, 0.1) is 17.8 Å². The lowest BCUT2D eigenvalue weighted by atomic mass is 9.66. The lowest BCUT2D eigenvalue weighted by molar-refractivity contribution is -0.138. The molecule has 3 nitrogen and oxygen atoms in total. The highest BCUT2D eigenvalue weighted by molar-refractivity contribution is 8.21. The second kappa shape index (κ2) is 6.71. The van der Waals surface area contributed by atoms with E-state index >= 15 is 0 Å². The Balaban J connectivity index is 1.72. The molecule has 3 rings (SSSR count). The van der Waals surface area contributed by atoms with Crippen LogP contribution < -0.4 is 0 Å². The minimum atomic E-state index is 0.0782. The van der Waals surface area contributed by atoms with Gasteiger partial charge in [-0.3, -0.25) is 4.79 Å². The Hall–Kier alpha value is 0.130. The first-order valence-corrected chi connectivity index (χ1v) is 10.4. The first kappa shape index (κ1) is 16.0. The molecule has 0 aromatic heterocycles. The first-order valence-electron chi connectivity index (χ1n) is 8.38. The van der Waals surface area contributed by atoms with E-state index in [0.29, 0.717) is 16.5 Å². The number of hydrogen-bond acceptors (Lipinski definition) is 4. The molecule has 0 aromatic rings. The number of aliphatic hydroxyl groups is 1. The molecule has 120 valence electrons. The van der Waals surface area contributed by atoms with Gasteiger partial charge in [0.25, 0.3) is 0 Å². The van der Waals surface area contributed by atoms with Gasteiger partial charge in [-0.15, -0.1) is 23.5 Å². The molecule has 1 saturated heterocycles. The molecule has 2 atom stereocenters. The fourth-order valence-electron chi connectivity index (χ4n) is 4.61. The summed E-state index contributed by atoms with van der Waals surface area (Å²) in [4.78, 5) is 14.6. The molecule has 1 heterocycles. The Kier molecular flexibility index (Phi) is 5.12. The predicted octanol–water partition coefficient (Wildman–Crippen LogP) is 2.83. The summed E-state index contributed by atoms with van der Waals surface area (Å²) in [6.45, 7) is 3.31. The molecule has 0 radical (unpaired) electrons. The minimum absolute atomic E-state index is 0.0782. The van der Waals surface area contributed by atoms with Crippen LogP contribution in [-0.2, 0) is 4.79 Å². The summed E-state index contributed by atoms with van der Waals surface area (Å²) in [5, 5.41) is 9.14. The average molecular weight is 330 g/mol. The van der Waals surface area contributed by atoms with E-state index in [9.17, 15) is 4.79 Å². The van der Waals surface area contributed by atoms with Crippen molar-refractivity contribution < 1.29 is 9.90 Å². The molecule has 1 aliphatic heterocycles. The molecule has 3 fully saturated rings. The van der Waals surface area contributed by atoms with Crippen molar-refractivity contribution in [1.82, 2.24) is 4.90 Å². The average Bonchev–Trinajstić information content (AvgIpc) is 2.93. The number of carbonyl (C=O) groups is 1. The van der Waals surface area contributed by atoms with Gasteiger partial charge in [0.05, 0.1) is 10.7 Å². The van der Waals surface area contributed by atoms with E-state index in [0.717, 1.165) is 31.2 Å². The van der Waals surface area contributed by atoms with Crippen molar-refractivity contribution in [2.24, 2.45) is 17.8 Å². The Morgan fingerprint density at radius 3 is 2.38 bits per heavy atom. The molecular weight excluding hydrogens is 302 g/mol. The summed E-state index contributed by atoms with van der Waals surface area (Å²) in [6, 6.07) is 0. The van der Waals surface area contributed by atoms with Gasteiger partial charge in [-0.25, -0.2) is 0 Å². The van der Waals surface area contributed by atoms with Crippen LogP contribution in [-0.4, -0.2) is 51.2 Å². The quantitative estimate of drug-likeness (QED) is 0.861. The Bertz CT molecular complexity index is 368. The third-order valence-electron chi connectivity index (χ3n) is 5.53. The second-order valence-electron chi connectivity index (χ2n) is 6.55. The molecule has 1 amide bonds. The Morgan fingerprint density at radius 1 is 1.24 bits per heavy atom. The van der Waals surface area contributed by atoms with Crippen molar-refractivity contribution in [3.8, 4) is 0 Å². The smallest absolute Gasteiger partial charge is 0.225 e. The first-order chi connectivity index (χ1) is 10.2. The number of amides is 1. The summed E-state index contributed by atoms with van der Waals surface area (Å²) in [6.07, 6.45) is 6.14. The number of hydrogen-bond donors (Lipinski definition) is 1. The standard InChI is InChI=1S/C16H27NO2S2/c1-2-17(6-7-18)15(19)12-10-13-4-3-5-14(11-12)16(13)20-8-9-21-16/h12-14,18H,2-11H2,1H3. The van der Waals surface area contributed by atoms with Crippen LogP contribution in [0.4, 0.5) is 0 Å². The van der Waals surface area contributed by atoms with Gasteiger partial charge in [0.15, 0.2) is 0 Å². The van der Waals surface area contributed by atoms with Gasteiger partial charge in [0.2, 0.25) is 5.91 Å². The van der Waals surface area contributed by atoms with E-state index in [4.69, 9.17) is 5.11 Å². The van der Waals surface area contributed by atoms with Gasteiger partial charge in [0.1, 0.15) is 0 Å². The zero-order valence-corrected chi connectivity index (χ0v) is 14.6. The van der Waals surface area contributed by atoms with E-state index in [1.807, 2.05) is 11.8 Å². The monoisotopic (exact) mass is 329 g/mol. The van der Waals surface area contributed by atoms with Crippen LogP contribution in [0.15, 0.2) is 0 Å². The van der Waals surface area contributed by atoms with Crippen molar-refractivity contribution in [2.45, 2.75) is 43.1 Å². The number of carbonyl (C=O) groups excluding carboxylic acids is 1. The number of rotatable bonds is 4. The SMILES string of the molecule is CCN(CCO)C(=O)C1CC2CCCC(C1)C21SCCS1. The largest absolute Gasteiger partial charge is 0.395 e. The van der Waals surface area contributed by atoms with Crippen LogP contribution in [0.5, 0.6) is 0 Å². The van der Waals surface area contributed by atoms with Crippen LogP contribution >= 0.6 is 23.5 Å². The highest BCUT2D eigenvalue weighted by Gasteiger charge is 2.55. The number of thioether (sulfide) groups is 2. The summed E-state index contributed by atoms with van der Waals surface area (Å²) >= 11 is 4.39. The third kappa shape index (κ3) is 2.86. The van der Waals surface area contributed by atoms with Gasteiger partial charge in [-0.2, -0.15) is 0 Å². The van der Waals surface area contributed by atoms with Gasteiger partial charge < -0.3 is 10.0 Å². The number of nitrogens with zero attached hydrogens (tertiary/aromatic N) is 1. The highest BCUT2D eigenvalue weighted by atomic mass is 32.2. The van der Waals surface area contributed by atoms with E-state index in [1.54, 1.807) is 0 Å². The van der Waals surface area contributed by atoms with E-state index in [2.05, 4.69) is 23.5 Å². The third-order valence-corrected chi connectivity index (χ3v) is 9.55.